The maximum absolute atomic E-state index is 5.64. The molecule has 1 atom stereocenters. The Morgan fingerprint density at radius 1 is 1.17 bits per heavy atom. The van der Waals surface area contributed by atoms with Gasteiger partial charge in [-0.05, 0) is 62.3 Å². The van der Waals surface area contributed by atoms with Gasteiger partial charge in [-0.1, -0.05) is 6.07 Å². The molecule has 0 aromatic heterocycles. The van der Waals surface area contributed by atoms with E-state index >= 15 is 0 Å². The molecule has 1 fully saturated rings. The average Bonchev–Trinajstić information content (AvgIpc) is 2.47. The quantitative estimate of drug-likeness (QED) is 0.864. The van der Waals surface area contributed by atoms with Crippen molar-refractivity contribution in [2.75, 3.05) is 20.2 Å². The molecule has 18 heavy (non-hydrogen) atoms. The molecular formula is C16H23NO. The van der Waals surface area contributed by atoms with Gasteiger partial charge in [0.2, 0.25) is 0 Å². The van der Waals surface area contributed by atoms with Crippen LogP contribution in [0.1, 0.15) is 48.3 Å². The van der Waals surface area contributed by atoms with Crippen molar-refractivity contribution in [3.05, 3.63) is 28.8 Å². The highest BCUT2D eigenvalue weighted by Gasteiger charge is 2.24. The van der Waals surface area contributed by atoms with Gasteiger partial charge in [-0.2, -0.15) is 0 Å². The van der Waals surface area contributed by atoms with Crippen LogP contribution in [0.4, 0.5) is 0 Å². The predicted octanol–water partition coefficient (Wildman–Crippen LogP) is 3.04. The van der Waals surface area contributed by atoms with E-state index < -0.39 is 0 Å². The summed E-state index contributed by atoms with van der Waals surface area (Å²) >= 11 is 0. The average molecular weight is 245 g/mol. The van der Waals surface area contributed by atoms with Crippen LogP contribution in [-0.4, -0.2) is 20.2 Å². The minimum Gasteiger partial charge on any atom is -0.496 e. The van der Waals surface area contributed by atoms with Gasteiger partial charge in [0.15, 0.2) is 0 Å². The number of aryl methyl sites for hydroxylation is 1. The first kappa shape index (κ1) is 12.0. The van der Waals surface area contributed by atoms with Gasteiger partial charge in [0, 0.05) is 18.0 Å². The molecule has 0 saturated carbocycles. The summed E-state index contributed by atoms with van der Waals surface area (Å²) in [6.07, 6.45) is 7.79. The summed E-state index contributed by atoms with van der Waals surface area (Å²) in [4.78, 5) is 0. The van der Waals surface area contributed by atoms with Gasteiger partial charge in [-0.25, -0.2) is 0 Å². The Kier molecular flexibility index (Phi) is 3.55. The largest absolute Gasteiger partial charge is 0.496 e. The number of hydrogen-bond acceptors (Lipinski definition) is 2. The molecule has 1 N–H and O–H groups in total. The second-order valence-corrected chi connectivity index (χ2v) is 5.57. The summed E-state index contributed by atoms with van der Waals surface area (Å²) < 4.78 is 5.64. The van der Waals surface area contributed by atoms with E-state index in [2.05, 4.69) is 17.4 Å². The van der Waals surface area contributed by atoms with Crippen LogP contribution >= 0.6 is 0 Å². The van der Waals surface area contributed by atoms with Gasteiger partial charge in [-0.15, -0.1) is 0 Å². The molecule has 1 aliphatic heterocycles. The molecule has 0 bridgehead atoms. The van der Waals surface area contributed by atoms with E-state index in [0.29, 0.717) is 5.92 Å². The lowest BCUT2D eigenvalue weighted by Gasteiger charge is -2.29. The Hall–Kier alpha value is -1.02. The molecule has 98 valence electrons. The van der Waals surface area contributed by atoms with Crippen molar-refractivity contribution in [1.29, 1.82) is 0 Å². The first-order valence-corrected chi connectivity index (χ1v) is 7.29. The lowest BCUT2D eigenvalue weighted by molar-refractivity contribution is 0.389. The van der Waals surface area contributed by atoms with Crippen LogP contribution in [0.2, 0.25) is 0 Å². The first-order chi connectivity index (χ1) is 8.90. The highest BCUT2D eigenvalue weighted by Crippen LogP contribution is 2.38. The lowest BCUT2D eigenvalue weighted by Crippen LogP contribution is -2.29. The zero-order valence-electron chi connectivity index (χ0n) is 11.3. The Balaban J connectivity index is 2.03. The summed E-state index contributed by atoms with van der Waals surface area (Å²) in [5.74, 6) is 1.77. The normalized spacial score (nSPS) is 23.5. The standard InChI is InChI=1S/C16H23NO/c1-18-15-9-8-12-5-2-3-7-14(12)16(15)13-6-4-10-17-11-13/h8-9,13,17H,2-7,10-11H2,1H3. The molecule has 1 aromatic carbocycles. The zero-order valence-corrected chi connectivity index (χ0v) is 11.3. The van der Waals surface area contributed by atoms with Crippen molar-refractivity contribution >= 4 is 0 Å². The molecule has 1 unspecified atom stereocenters. The fourth-order valence-corrected chi connectivity index (χ4v) is 3.56. The van der Waals surface area contributed by atoms with Crippen molar-refractivity contribution in [2.45, 2.75) is 44.4 Å². The summed E-state index contributed by atoms with van der Waals surface area (Å²) in [5, 5.41) is 3.54. The van der Waals surface area contributed by atoms with E-state index in [9.17, 15) is 0 Å². The van der Waals surface area contributed by atoms with Crippen molar-refractivity contribution in [1.82, 2.24) is 5.32 Å². The van der Waals surface area contributed by atoms with Crippen LogP contribution in [0.3, 0.4) is 0 Å². The Morgan fingerprint density at radius 3 is 2.83 bits per heavy atom. The van der Waals surface area contributed by atoms with E-state index in [0.717, 1.165) is 12.3 Å². The van der Waals surface area contributed by atoms with Crippen LogP contribution in [0.5, 0.6) is 5.75 Å². The molecule has 2 heteroatoms. The molecule has 0 spiro atoms. The molecule has 0 radical (unpaired) electrons. The number of rotatable bonds is 2. The van der Waals surface area contributed by atoms with Crippen LogP contribution in [0.15, 0.2) is 12.1 Å². The number of hydrogen-bond donors (Lipinski definition) is 1. The fraction of sp³-hybridized carbons (Fsp3) is 0.625. The van der Waals surface area contributed by atoms with E-state index in [1.54, 1.807) is 11.1 Å². The Bertz CT molecular complexity index is 421. The molecule has 2 nitrogen and oxygen atoms in total. The van der Waals surface area contributed by atoms with E-state index in [-0.39, 0.29) is 0 Å². The van der Waals surface area contributed by atoms with Gasteiger partial charge in [0.1, 0.15) is 5.75 Å². The third kappa shape index (κ3) is 2.14. The van der Waals surface area contributed by atoms with E-state index in [4.69, 9.17) is 4.74 Å². The number of benzene rings is 1. The highest BCUT2D eigenvalue weighted by atomic mass is 16.5. The molecular weight excluding hydrogens is 222 g/mol. The third-order valence-electron chi connectivity index (χ3n) is 4.46. The summed E-state index contributed by atoms with van der Waals surface area (Å²) in [5.41, 5.74) is 4.69. The fourth-order valence-electron chi connectivity index (χ4n) is 3.56. The molecule has 2 aliphatic rings. The second-order valence-electron chi connectivity index (χ2n) is 5.57. The number of nitrogens with one attached hydrogen (secondary N) is 1. The van der Waals surface area contributed by atoms with E-state index in [1.165, 1.54) is 50.6 Å². The van der Waals surface area contributed by atoms with Crippen LogP contribution < -0.4 is 10.1 Å². The molecule has 1 saturated heterocycles. The highest BCUT2D eigenvalue weighted by molar-refractivity contribution is 5.48. The summed E-state index contributed by atoms with van der Waals surface area (Å²) in [6, 6.07) is 4.47. The minimum absolute atomic E-state index is 0.654. The molecule has 0 amide bonds. The summed E-state index contributed by atoms with van der Waals surface area (Å²) in [6.45, 7) is 2.29. The minimum atomic E-state index is 0.654. The van der Waals surface area contributed by atoms with Crippen molar-refractivity contribution in [2.24, 2.45) is 0 Å². The van der Waals surface area contributed by atoms with Crippen molar-refractivity contribution in [3.63, 3.8) is 0 Å². The van der Waals surface area contributed by atoms with Gasteiger partial charge in [0.05, 0.1) is 7.11 Å². The zero-order chi connectivity index (χ0) is 12.4. The van der Waals surface area contributed by atoms with Gasteiger partial charge in [-0.3, -0.25) is 0 Å². The van der Waals surface area contributed by atoms with Crippen molar-refractivity contribution < 1.29 is 4.74 Å². The van der Waals surface area contributed by atoms with Crippen LogP contribution in [0.25, 0.3) is 0 Å². The second kappa shape index (κ2) is 5.31. The lowest BCUT2D eigenvalue weighted by atomic mass is 9.80. The van der Waals surface area contributed by atoms with Crippen LogP contribution in [-0.2, 0) is 12.8 Å². The first-order valence-electron chi connectivity index (χ1n) is 7.29. The predicted molar refractivity (Wildman–Crippen MR) is 74.5 cm³/mol. The number of fused-ring (bicyclic) bond motifs is 1. The maximum atomic E-state index is 5.64. The SMILES string of the molecule is COc1ccc2c(c1C1CCCNC1)CCCC2. The van der Waals surface area contributed by atoms with Crippen molar-refractivity contribution in [3.8, 4) is 5.75 Å². The molecule has 1 aliphatic carbocycles. The Labute approximate surface area is 110 Å². The smallest absolute Gasteiger partial charge is 0.122 e. The number of methoxy groups -OCH3 is 1. The Morgan fingerprint density at radius 2 is 2.06 bits per heavy atom. The number of piperidine rings is 1. The number of ether oxygens (including phenoxy) is 1. The van der Waals surface area contributed by atoms with E-state index in [1.807, 2.05) is 7.11 Å². The van der Waals surface area contributed by atoms with Crippen LogP contribution in [0, 0.1) is 0 Å². The van der Waals surface area contributed by atoms with Gasteiger partial charge >= 0.3 is 0 Å². The van der Waals surface area contributed by atoms with Gasteiger partial charge < -0.3 is 10.1 Å². The summed E-state index contributed by atoms with van der Waals surface area (Å²) in [7, 11) is 1.81. The maximum Gasteiger partial charge on any atom is 0.122 e. The van der Waals surface area contributed by atoms with Gasteiger partial charge in [0.25, 0.3) is 0 Å². The molecule has 1 aromatic rings. The molecule has 1 heterocycles. The molecule has 3 rings (SSSR count). The third-order valence-corrected chi connectivity index (χ3v) is 4.46. The monoisotopic (exact) mass is 245 g/mol. The topological polar surface area (TPSA) is 21.3 Å².